The van der Waals surface area contributed by atoms with Crippen molar-refractivity contribution >= 4 is 17.3 Å². The third-order valence-corrected chi connectivity index (χ3v) is 4.92. The number of rotatable bonds is 3. The van der Waals surface area contributed by atoms with Crippen LogP contribution in [0.3, 0.4) is 0 Å². The van der Waals surface area contributed by atoms with E-state index in [0.717, 1.165) is 22.7 Å². The largest absolute Gasteiger partial charge is 0.481 e. The molecule has 0 radical (unpaired) electrons. The van der Waals surface area contributed by atoms with E-state index >= 15 is 0 Å². The molecular formula is C12H15NO2S. The first-order chi connectivity index (χ1) is 7.59. The minimum absolute atomic E-state index is 0.480. The highest BCUT2D eigenvalue weighted by Crippen LogP contribution is 2.61. The highest BCUT2D eigenvalue weighted by molar-refractivity contribution is 7.11. The van der Waals surface area contributed by atoms with Gasteiger partial charge in [0.2, 0.25) is 0 Å². The van der Waals surface area contributed by atoms with E-state index < -0.39 is 11.4 Å². The predicted molar refractivity (Wildman–Crippen MR) is 61.5 cm³/mol. The van der Waals surface area contributed by atoms with Crippen LogP contribution in [0.4, 0.5) is 0 Å². The Kier molecular flexibility index (Phi) is 2.11. The summed E-state index contributed by atoms with van der Waals surface area (Å²) in [4.78, 5) is 16.8. The maximum Gasteiger partial charge on any atom is 0.310 e. The number of aryl methyl sites for hydroxylation is 1. The monoisotopic (exact) mass is 237 g/mol. The van der Waals surface area contributed by atoms with Crippen molar-refractivity contribution in [1.82, 2.24) is 4.98 Å². The van der Waals surface area contributed by atoms with Gasteiger partial charge in [-0.3, -0.25) is 4.79 Å². The molecule has 2 atom stereocenters. The average Bonchev–Trinajstić information content (AvgIpc) is 2.65. The number of nitrogens with zero attached hydrogens (tertiary/aromatic N) is 1. The summed E-state index contributed by atoms with van der Waals surface area (Å²) < 4.78 is 0. The molecule has 0 aromatic carbocycles. The number of hydrogen-bond donors (Lipinski definition) is 1. The molecule has 1 heterocycles. The molecule has 0 bridgehead atoms. The van der Waals surface area contributed by atoms with Gasteiger partial charge in [0.05, 0.1) is 10.4 Å². The summed E-state index contributed by atoms with van der Waals surface area (Å²) in [5.74, 6) is 0.793. The summed E-state index contributed by atoms with van der Waals surface area (Å²) in [6, 6.07) is 0. The molecule has 16 heavy (non-hydrogen) atoms. The van der Waals surface area contributed by atoms with Gasteiger partial charge in [-0.2, -0.15) is 0 Å². The lowest BCUT2D eigenvalue weighted by molar-refractivity contribution is -0.149. The van der Waals surface area contributed by atoms with Crippen molar-refractivity contribution in [2.75, 3.05) is 0 Å². The number of hydrogen-bond acceptors (Lipinski definition) is 3. The number of carboxylic acid groups (broad SMARTS) is 1. The van der Waals surface area contributed by atoms with Crippen LogP contribution in [0.25, 0.3) is 0 Å². The molecule has 1 aromatic rings. The molecular weight excluding hydrogens is 222 g/mol. The van der Waals surface area contributed by atoms with Crippen LogP contribution in [0.5, 0.6) is 0 Å². The van der Waals surface area contributed by atoms with Crippen molar-refractivity contribution in [3.05, 3.63) is 16.1 Å². The van der Waals surface area contributed by atoms with Crippen molar-refractivity contribution in [2.45, 2.75) is 32.6 Å². The molecule has 1 aromatic heterocycles. The van der Waals surface area contributed by atoms with Gasteiger partial charge in [0.15, 0.2) is 0 Å². The first-order valence-corrected chi connectivity index (χ1v) is 6.55. The molecule has 2 saturated carbocycles. The van der Waals surface area contributed by atoms with Crippen molar-refractivity contribution in [3.63, 3.8) is 0 Å². The topological polar surface area (TPSA) is 50.2 Å². The molecule has 1 N–H and O–H groups in total. The van der Waals surface area contributed by atoms with Crippen molar-refractivity contribution in [2.24, 2.45) is 17.3 Å². The van der Waals surface area contributed by atoms with Gasteiger partial charge < -0.3 is 5.11 Å². The average molecular weight is 237 g/mol. The number of thiazole rings is 1. The van der Waals surface area contributed by atoms with E-state index in [9.17, 15) is 9.90 Å². The summed E-state index contributed by atoms with van der Waals surface area (Å²) in [6.45, 7) is 1.97. The molecule has 2 unspecified atom stereocenters. The standard InChI is InChI=1S/C12H15NO2S/c1-7-13-6-10(16-7)5-12(11(14)15)3-8-2-9(8)4-12/h6,8-9H,2-5H2,1H3,(H,14,15). The van der Waals surface area contributed by atoms with Crippen molar-refractivity contribution < 1.29 is 9.90 Å². The molecule has 0 spiro atoms. The quantitative estimate of drug-likeness (QED) is 0.878. The first-order valence-electron chi connectivity index (χ1n) is 5.74. The lowest BCUT2D eigenvalue weighted by Gasteiger charge is -2.24. The fourth-order valence-electron chi connectivity index (χ4n) is 3.11. The van der Waals surface area contributed by atoms with Crippen LogP contribution in [0, 0.1) is 24.2 Å². The summed E-state index contributed by atoms with van der Waals surface area (Å²) >= 11 is 1.63. The molecule has 2 aliphatic rings. The Bertz CT molecular complexity index is 430. The fourth-order valence-corrected chi connectivity index (χ4v) is 4.05. The number of carboxylic acids is 1. The molecule has 3 nitrogen and oxygen atoms in total. The molecule has 4 heteroatoms. The van der Waals surface area contributed by atoms with E-state index in [0.29, 0.717) is 18.3 Å². The zero-order valence-electron chi connectivity index (χ0n) is 9.27. The second-order valence-corrected chi connectivity index (χ2v) is 6.59. The Morgan fingerprint density at radius 2 is 2.31 bits per heavy atom. The minimum Gasteiger partial charge on any atom is -0.481 e. The number of aliphatic carboxylic acids is 1. The zero-order chi connectivity index (χ0) is 11.3. The third-order valence-electron chi connectivity index (χ3n) is 4.01. The van der Waals surface area contributed by atoms with E-state index in [2.05, 4.69) is 4.98 Å². The highest BCUT2D eigenvalue weighted by Gasteiger charge is 2.57. The van der Waals surface area contributed by atoms with E-state index in [1.165, 1.54) is 6.42 Å². The predicted octanol–water partition coefficient (Wildman–Crippen LogP) is 2.49. The van der Waals surface area contributed by atoms with Gasteiger partial charge in [-0.05, 0) is 44.4 Å². The smallest absolute Gasteiger partial charge is 0.310 e. The van der Waals surface area contributed by atoms with Gasteiger partial charge in [0.25, 0.3) is 0 Å². The Balaban J connectivity index is 1.82. The summed E-state index contributed by atoms with van der Waals surface area (Å²) in [5, 5.41) is 10.5. The third kappa shape index (κ3) is 1.56. The Morgan fingerprint density at radius 1 is 1.62 bits per heavy atom. The van der Waals surface area contributed by atoms with Crippen LogP contribution in [0.2, 0.25) is 0 Å². The summed E-state index contributed by atoms with van der Waals surface area (Å²) in [5.41, 5.74) is -0.480. The second-order valence-electron chi connectivity index (χ2n) is 5.27. The van der Waals surface area contributed by atoms with Gasteiger partial charge in [0, 0.05) is 11.1 Å². The normalized spacial score (nSPS) is 36.1. The molecule has 2 aliphatic carbocycles. The number of fused-ring (bicyclic) bond motifs is 1. The fraction of sp³-hybridized carbons (Fsp3) is 0.667. The van der Waals surface area contributed by atoms with Crippen LogP contribution in [-0.4, -0.2) is 16.1 Å². The molecule has 3 rings (SSSR count). The van der Waals surface area contributed by atoms with Crippen LogP contribution in [-0.2, 0) is 11.2 Å². The maximum atomic E-state index is 11.5. The van der Waals surface area contributed by atoms with Crippen LogP contribution in [0.15, 0.2) is 6.20 Å². The van der Waals surface area contributed by atoms with Gasteiger partial charge in [0.1, 0.15) is 0 Å². The Hall–Kier alpha value is -0.900. The second kappa shape index (κ2) is 3.29. The number of carbonyl (C=O) groups is 1. The van der Waals surface area contributed by atoms with E-state index in [1.807, 2.05) is 13.1 Å². The molecule has 86 valence electrons. The maximum absolute atomic E-state index is 11.5. The lowest BCUT2D eigenvalue weighted by atomic mass is 9.79. The van der Waals surface area contributed by atoms with Crippen molar-refractivity contribution in [1.29, 1.82) is 0 Å². The van der Waals surface area contributed by atoms with Crippen LogP contribution >= 0.6 is 11.3 Å². The van der Waals surface area contributed by atoms with E-state index in [-0.39, 0.29) is 0 Å². The molecule has 0 saturated heterocycles. The van der Waals surface area contributed by atoms with Crippen LogP contribution < -0.4 is 0 Å². The highest BCUT2D eigenvalue weighted by atomic mass is 32.1. The Labute approximate surface area is 98.5 Å². The van der Waals surface area contributed by atoms with Gasteiger partial charge in [-0.15, -0.1) is 11.3 Å². The van der Waals surface area contributed by atoms with E-state index in [4.69, 9.17) is 0 Å². The summed E-state index contributed by atoms with van der Waals surface area (Å²) in [6.07, 6.45) is 5.54. The molecule has 2 fully saturated rings. The zero-order valence-corrected chi connectivity index (χ0v) is 10.1. The van der Waals surface area contributed by atoms with Gasteiger partial charge in [-0.1, -0.05) is 0 Å². The van der Waals surface area contributed by atoms with E-state index in [1.54, 1.807) is 11.3 Å². The van der Waals surface area contributed by atoms with Crippen molar-refractivity contribution in [3.8, 4) is 0 Å². The number of aromatic nitrogens is 1. The van der Waals surface area contributed by atoms with Gasteiger partial charge >= 0.3 is 5.97 Å². The Morgan fingerprint density at radius 3 is 2.81 bits per heavy atom. The lowest BCUT2D eigenvalue weighted by Crippen LogP contribution is -2.31. The molecule has 0 aliphatic heterocycles. The minimum atomic E-state index is -0.606. The first kappa shape index (κ1) is 10.3. The SMILES string of the molecule is Cc1ncc(CC2(C(=O)O)CC3CC3C2)s1. The summed E-state index contributed by atoms with van der Waals surface area (Å²) in [7, 11) is 0. The van der Waals surface area contributed by atoms with Crippen LogP contribution in [0.1, 0.15) is 29.1 Å². The molecule has 0 amide bonds. The van der Waals surface area contributed by atoms with Gasteiger partial charge in [-0.25, -0.2) is 4.98 Å².